The number of halogens is 4. The zero-order chi connectivity index (χ0) is 36.8. The molecule has 2 saturated heterocycles. The lowest BCUT2D eigenvalue weighted by molar-refractivity contribution is -0.189. The van der Waals surface area contributed by atoms with Crippen molar-refractivity contribution in [3.8, 4) is 5.69 Å². The van der Waals surface area contributed by atoms with E-state index in [1.54, 1.807) is 35.9 Å². The molecule has 14 heteroatoms. The highest BCUT2D eigenvalue weighted by molar-refractivity contribution is 6.05. The lowest BCUT2D eigenvalue weighted by Crippen LogP contribution is -2.71. The van der Waals surface area contributed by atoms with Gasteiger partial charge < -0.3 is 15.4 Å². The van der Waals surface area contributed by atoms with Gasteiger partial charge in [0.1, 0.15) is 17.7 Å². The summed E-state index contributed by atoms with van der Waals surface area (Å²) < 4.78 is 61.9. The lowest BCUT2D eigenvalue weighted by atomic mass is 9.80. The summed E-state index contributed by atoms with van der Waals surface area (Å²) in [5.41, 5.74) is 0.905. The van der Waals surface area contributed by atoms with E-state index >= 15 is 0 Å². The van der Waals surface area contributed by atoms with Crippen LogP contribution in [0.15, 0.2) is 91.0 Å². The van der Waals surface area contributed by atoms with Gasteiger partial charge in [-0.2, -0.15) is 18.3 Å². The van der Waals surface area contributed by atoms with Crippen LogP contribution in [0.5, 0.6) is 0 Å². The van der Waals surface area contributed by atoms with E-state index in [4.69, 9.17) is 9.84 Å². The number of hydrogen-bond acceptors (Lipinski definition) is 6. The van der Waals surface area contributed by atoms with Crippen LogP contribution >= 0.6 is 0 Å². The first-order valence-electron chi connectivity index (χ1n) is 16.9. The van der Waals surface area contributed by atoms with Crippen LogP contribution in [-0.2, 0) is 27.0 Å². The number of aromatic nitrogens is 2. The van der Waals surface area contributed by atoms with E-state index in [-0.39, 0.29) is 24.2 Å². The number of anilines is 1. The first-order chi connectivity index (χ1) is 24.9. The van der Waals surface area contributed by atoms with Gasteiger partial charge in [0.2, 0.25) is 5.91 Å². The van der Waals surface area contributed by atoms with E-state index in [0.29, 0.717) is 53.7 Å². The Hall–Kier alpha value is -5.34. The van der Waals surface area contributed by atoms with E-state index < -0.39 is 47.2 Å². The summed E-state index contributed by atoms with van der Waals surface area (Å²) in [5.74, 6) is -2.97. The van der Waals surface area contributed by atoms with Crippen molar-refractivity contribution in [2.45, 2.75) is 43.6 Å². The Bertz CT molecular complexity index is 2020. The average Bonchev–Trinajstić information content (AvgIpc) is 3.48. The van der Waals surface area contributed by atoms with Crippen molar-refractivity contribution in [1.82, 2.24) is 25.3 Å². The maximum Gasteiger partial charge on any atom is 0.416 e. The second kappa shape index (κ2) is 13.7. The van der Waals surface area contributed by atoms with Gasteiger partial charge in [0.05, 0.1) is 42.2 Å². The molecule has 0 saturated carbocycles. The van der Waals surface area contributed by atoms with Crippen molar-refractivity contribution >= 4 is 23.5 Å². The van der Waals surface area contributed by atoms with Gasteiger partial charge in [0.15, 0.2) is 0 Å². The molecule has 2 fully saturated rings. The highest BCUT2D eigenvalue weighted by atomic mass is 19.4. The zero-order valence-corrected chi connectivity index (χ0v) is 28.3. The second-order valence-corrected chi connectivity index (χ2v) is 13.2. The first kappa shape index (κ1) is 35.1. The van der Waals surface area contributed by atoms with Gasteiger partial charge in [0.25, 0.3) is 11.8 Å². The fourth-order valence-electron chi connectivity index (χ4n) is 7.13. The van der Waals surface area contributed by atoms with E-state index in [2.05, 4.69) is 22.1 Å². The number of nitrogens with zero attached hydrogens (tertiary/aromatic N) is 4. The van der Waals surface area contributed by atoms with E-state index in [1.165, 1.54) is 35.2 Å². The number of likely N-dealkylation sites (tertiary alicyclic amines) is 1. The summed E-state index contributed by atoms with van der Waals surface area (Å²) >= 11 is 0. The monoisotopic (exact) mass is 716 g/mol. The van der Waals surface area contributed by atoms with Gasteiger partial charge >= 0.3 is 6.18 Å². The van der Waals surface area contributed by atoms with Crippen LogP contribution in [0.3, 0.4) is 0 Å². The Labute approximate surface area is 297 Å². The molecule has 1 aromatic heterocycles. The Kier molecular flexibility index (Phi) is 9.21. The van der Waals surface area contributed by atoms with Crippen LogP contribution in [-0.4, -0.2) is 76.8 Å². The number of hydrogen-bond donors (Lipinski definition) is 2. The van der Waals surface area contributed by atoms with Crippen LogP contribution in [0.4, 0.5) is 23.4 Å². The minimum absolute atomic E-state index is 0.0389. The van der Waals surface area contributed by atoms with Crippen molar-refractivity contribution in [2.75, 3.05) is 37.7 Å². The molecule has 2 N–H and O–H groups in total. The molecule has 52 heavy (non-hydrogen) atoms. The fraction of sp³-hybridized carbons (Fsp3) is 0.316. The molecule has 0 unspecified atom stereocenters. The number of likely N-dealkylation sites (N-methyl/N-ethyl adjacent to an activating group) is 1. The van der Waals surface area contributed by atoms with Crippen LogP contribution in [0.1, 0.15) is 52.0 Å². The lowest BCUT2D eigenvalue weighted by Gasteiger charge is -2.57. The third-order valence-corrected chi connectivity index (χ3v) is 10.1. The molecule has 3 aliphatic rings. The minimum atomic E-state index is -4.69. The number of benzene rings is 3. The molecule has 3 amide bonds. The maximum atomic E-state index is 14.5. The molecule has 7 rings (SSSR count). The standard InChI is InChI=1S/C38H36F4N6O4/c1-3-47-35-31(29(45-48(35)28-10-5-4-6-11-28)19-43-33(49)23(2)20-46-17-16-37(46)21-52-22-37)30(24-12-14-27(39)15-13-24)32(36(47)51)44-34(50)25-8-7-9-26(18-25)38(40,41)42/h4-15,18,30,32H,2-3,16-17,19-22H2,1H3,(H,43,49)(H,44,50)/t30-,32-/m0/s1. The predicted molar refractivity (Wildman–Crippen MR) is 183 cm³/mol. The number of carbonyl (C=O) groups excluding carboxylic acids is 3. The van der Waals surface area contributed by atoms with Crippen molar-refractivity contribution in [3.05, 3.63) is 125 Å². The summed E-state index contributed by atoms with van der Waals surface area (Å²) in [7, 11) is 0. The van der Waals surface area contributed by atoms with Crippen LogP contribution < -0.4 is 15.5 Å². The highest BCUT2D eigenvalue weighted by Crippen LogP contribution is 2.44. The summed E-state index contributed by atoms with van der Waals surface area (Å²) in [6.45, 7) is 8.26. The number of rotatable bonds is 10. The number of amides is 3. The molecule has 2 atom stereocenters. The molecule has 1 spiro atoms. The van der Waals surface area contributed by atoms with E-state index in [1.807, 2.05) is 6.07 Å². The number of carbonyl (C=O) groups is 3. The molecule has 0 radical (unpaired) electrons. The summed E-state index contributed by atoms with van der Waals surface area (Å²) in [6, 6.07) is 17.0. The van der Waals surface area contributed by atoms with Crippen molar-refractivity contribution in [1.29, 1.82) is 0 Å². The first-order valence-corrected chi connectivity index (χ1v) is 16.9. The SMILES string of the molecule is C=C(CN1CCC12COC2)C(=O)NCc1nn(-c2ccccc2)c2c1[C@H](c1ccc(F)cc1)[C@H](NC(=O)c1cccc(C(F)(F)F)c1)C(=O)N2CC. The number of para-hydroxylation sites is 1. The Morgan fingerprint density at radius 1 is 1.04 bits per heavy atom. The summed E-state index contributed by atoms with van der Waals surface area (Å²) in [5, 5.41) is 10.5. The average molecular weight is 717 g/mol. The molecule has 270 valence electrons. The Morgan fingerprint density at radius 3 is 2.38 bits per heavy atom. The Morgan fingerprint density at radius 2 is 1.77 bits per heavy atom. The fourth-order valence-corrected chi connectivity index (χ4v) is 7.13. The maximum absolute atomic E-state index is 14.5. The van der Waals surface area contributed by atoms with Gasteiger partial charge in [-0.05, 0) is 61.4 Å². The normalized spacial score (nSPS) is 19.4. The summed E-state index contributed by atoms with van der Waals surface area (Å²) in [4.78, 5) is 45.2. The zero-order valence-electron chi connectivity index (χ0n) is 28.3. The topological polar surface area (TPSA) is 109 Å². The van der Waals surface area contributed by atoms with Crippen molar-refractivity contribution < 1.29 is 36.7 Å². The third kappa shape index (κ3) is 6.36. The number of fused-ring (bicyclic) bond motifs is 1. The van der Waals surface area contributed by atoms with Crippen LogP contribution in [0.25, 0.3) is 5.69 Å². The molecule has 3 aromatic carbocycles. The van der Waals surface area contributed by atoms with Crippen molar-refractivity contribution in [3.63, 3.8) is 0 Å². The van der Waals surface area contributed by atoms with Gasteiger partial charge in [-0.25, -0.2) is 9.07 Å². The van der Waals surface area contributed by atoms with Crippen LogP contribution in [0, 0.1) is 5.82 Å². The van der Waals surface area contributed by atoms with Gasteiger partial charge in [-0.3, -0.25) is 24.2 Å². The molecular formula is C38H36F4N6O4. The molecule has 3 aliphatic heterocycles. The van der Waals surface area contributed by atoms with E-state index in [9.17, 15) is 31.9 Å². The number of alkyl halides is 3. The van der Waals surface area contributed by atoms with Crippen molar-refractivity contribution in [2.24, 2.45) is 0 Å². The molecule has 0 bridgehead atoms. The molecule has 4 heterocycles. The predicted octanol–water partition coefficient (Wildman–Crippen LogP) is 4.97. The van der Waals surface area contributed by atoms with E-state index in [0.717, 1.165) is 31.2 Å². The second-order valence-electron chi connectivity index (χ2n) is 13.2. The summed E-state index contributed by atoms with van der Waals surface area (Å²) in [6.07, 6.45) is -3.70. The van der Waals surface area contributed by atoms with Gasteiger partial charge in [0, 0.05) is 42.3 Å². The minimum Gasteiger partial charge on any atom is -0.377 e. The smallest absolute Gasteiger partial charge is 0.377 e. The molecule has 10 nitrogen and oxygen atoms in total. The third-order valence-electron chi connectivity index (χ3n) is 10.1. The Balaban J connectivity index is 1.29. The van der Waals surface area contributed by atoms with Gasteiger partial charge in [-0.15, -0.1) is 0 Å². The highest BCUT2D eigenvalue weighted by Gasteiger charge is 2.51. The molecular weight excluding hydrogens is 680 g/mol. The van der Waals surface area contributed by atoms with Gasteiger partial charge in [-0.1, -0.05) is 43.0 Å². The largest absolute Gasteiger partial charge is 0.416 e. The number of ether oxygens (including phenoxy) is 1. The quantitative estimate of drug-likeness (QED) is 0.177. The molecule has 0 aliphatic carbocycles. The molecule has 4 aromatic rings. The van der Waals surface area contributed by atoms with Crippen LogP contribution in [0.2, 0.25) is 0 Å². The number of nitrogens with one attached hydrogen (secondary N) is 2.